The van der Waals surface area contributed by atoms with E-state index in [4.69, 9.17) is 5.11 Å². The zero-order valence-corrected chi connectivity index (χ0v) is 10.2. The Bertz CT molecular complexity index is 408. The molecule has 0 aliphatic carbocycles. The molecule has 1 aromatic heterocycles. The lowest BCUT2D eigenvalue weighted by Gasteiger charge is -2.25. The summed E-state index contributed by atoms with van der Waals surface area (Å²) in [6.45, 7) is 1.17. The van der Waals surface area contributed by atoms with Crippen molar-refractivity contribution in [2.75, 3.05) is 18.1 Å². The molecule has 1 fully saturated rings. The minimum Gasteiger partial charge on any atom is -0.396 e. The van der Waals surface area contributed by atoms with Gasteiger partial charge in [-0.3, -0.25) is 0 Å². The zero-order chi connectivity index (χ0) is 13.0. The number of aromatic nitrogens is 1. The highest BCUT2D eigenvalue weighted by Gasteiger charge is 2.25. The van der Waals surface area contributed by atoms with Crippen molar-refractivity contribution in [3.63, 3.8) is 0 Å². The minimum absolute atomic E-state index is 0.121. The lowest BCUT2D eigenvalue weighted by Crippen LogP contribution is -2.29. The maximum atomic E-state index is 10.5. The summed E-state index contributed by atoms with van der Waals surface area (Å²) in [5.41, 5.74) is 0.932. The second-order valence-corrected chi connectivity index (χ2v) is 4.49. The molecule has 1 unspecified atom stereocenters. The number of nitrogens with zero attached hydrogens (tertiary/aromatic N) is 3. The summed E-state index contributed by atoms with van der Waals surface area (Å²) in [7, 11) is 0. The molecule has 0 amide bonds. The smallest absolute Gasteiger partial charge is 0.363 e. The van der Waals surface area contributed by atoms with Gasteiger partial charge in [-0.25, -0.2) is 0 Å². The van der Waals surface area contributed by atoms with Crippen molar-refractivity contribution < 1.29 is 10.0 Å². The van der Waals surface area contributed by atoms with Gasteiger partial charge in [0.05, 0.1) is 5.69 Å². The first kappa shape index (κ1) is 12.8. The Morgan fingerprint density at radius 3 is 3.00 bits per heavy atom. The molecular weight excluding hydrogens is 234 g/mol. The molecule has 0 saturated carbocycles. The molecule has 6 nitrogen and oxygen atoms in total. The molecule has 1 aromatic rings. The minimum atomic E-state index is -0.489. The number of aliphatic hydroxyl groups is 1. The van der Waals surface area contributed by atoms with Crippen molar-refractivity contribution in [1.82, 2.24) is 4.98 Å². The first-order chi connectivity index (χ1) is 8.72. The number of nitro groups is 1. The maximum absolute atomic E-state index is 10.5. The number of pyridine rings is 1. The molecule has 0 radical (unpaired) electrons. The highest BCUT2D eigenvalue weighted by molar-refractivity contribution is 5.48. The Kier molecular flexibility index (Phi) is 4.09. The van der Waals surface area contributed by atoms with Crippen LogP contribution < -0.4 is 4.90 Å². The fourth-order valence-electron chi connectivity index (χ4n) is 2.46. The molecule has 18 heavy (non-hydrogen) atoms. The highest BCUT2D eigenvalue weighted by Crippen LogP contribution is 2.28. The van der Waals surface area contributed by atoms with E-state index in [1.54, 1.807) is 12.3 Å². The van der Waals surface area contributed by atoms with Gasteiger partial charge in [0, 0.05) is 25.3 Å². The van der Waals surface area contributed by atoms with Gasteiger partial charge in [-0.15, -0.1) is 0 Å². The van der Waals surface area contributed by atoms with Crippen LogP contribution in [0, 0.1) is 10.1 Å². The first-order valence-corrected chi connectivity index (χ1v) is 6.20. The molecule has 6 heteroatoms. The monoisotopic (exact) mass is 251 g/mol. The zero-order valence-electron chi connectivity index (χ0n) is 10.2. The average Bonchev–Trinajstić information content (AvgIpc) is 2.84. The largest absolute Gasteiger partial charge is 0.396 e. The normalized spacial score (nSPS) is 19.2. The van der Waals surface area contributed by atoms with E-state index >= 15 is 0 Å². The second kappa shape index (κ2) is 5.77. The van der Waals surface area contributed by atoms with Crippen LogP contribution in [0.2, 0.25) is 0 Å². The predicted molar refractivity (Wildman–Crippen MR) is 67.6 cm³/mol. The number of aliphatic hydroxyl groups excluding tert-OH is 1. The highest BCUT2D eigenvalue weighted by atomic mass is 16.6. The van der Waals surface area contributed by atoms with Gasteiger partial charge in [-0.2, -0.15) is 0 Å². The molecule has 2 rings (SSSR count). The number of hydrogen-bond donors (Lipinski definition) is 1. The van der Waals surface area contributed by atoms with Crippen LogP contribution in [-0.2, 0) is 0 Å². The number of rotatable bonds is 5. The van der Waals surface area contributed by atoms with Crippen molar-refractivity contribution >= 4 is 11.5 Å². The molecule has 0 spiro atoms. The third-order valence-corrected chi connectivity index (χ3v) is 3.32. The third-order valence-electron chi connectivity index (χ3n) is 3.32. The topological polar surface area (TPSA) is 79.5 Å². The summed E-state index contributed by atoms with van der Waals surface area (Å²) in [5.74, 6) is -0.121. The first-order valence-electron chi connectivity index (χ1n) is 6.20. The van der Waals surface area contributed by atoms with E-state index in [2.05, 4.69) is 9.88 Å². The summed E-state index contributed by atoms with van der Waals surface area (Å²) in [6, 6.07) is 3.61. The Labute approximate surface area is 105 Å². The van der Waals surface area contributed by atoms with E-state index in [0.717, 1.165) is 37.9 Å². The van der Waals surface area contributed by atoms with E-state index in [0.29, 0.717) is 6.04 Å². The van der Waals surface area contributed by atoms with Crippen LogP contribution in [0.4, 0.5) is 11.5 Å². The molecule has 0 bridgehead atoms. The van der Waals surface area contributed by atoms with Crippen LogP contribution in [-0.4, -0.2) is 34.2 Å². The summed E-state index contributed by atoms with van der Waals surface area (Å²) in [4.78, 5) is 16.1. The van der Waals surface area contributed by atoms with E-state index in [1.165, 1.54) is 6.07 Å². The lowest BCUT2D eigenvalue weighted by molar-refractivity contribution is -0.389. The molecule has 0 aromatic carbocycles. The molecule has 1 aliphatic rings. The van der Waals surface area contributed by atoms with E-state index in [9.17, 15) is 10.1 Å². The summed E-state index contributed by atoms with van der Waals surface area (Å²) < 4.78 is 0. The van der Waals surface area contributed by atoms with Crippen molar-refractivity contribution in [1.29, 1.82) is 0 Å². The lowest BCUT2D eigenvalue weighted by atomic mass is 10.1. The van der Waals surface area contributed by atoms with Gasteiger partial charge in [0.2, 0.25) is 0 Å². The Morgan fingerprint density at radius 1 is 1.56 bits per heavy atom. The fraction of sp³-hybridized carbons (Fsp3) is 0.583. The van der Waals surface area contributed by atoms with Crippen LogP contribution in [0.25, 0.3) is 0 Å². The fourth-order valence-corrected chi connectivity index (χ4v) is 2.46. The van der Waals surface area contributed by atoms with E-state index in [-0.39, 0.29) is 12.4 Å². The van der Waals surface area contributed by atoms with Gasteiger partial charge in [-0.05, 0) is 41.7 Å². The van der Waals surface area contributed by atoms with Crippen molar-refractivity contribution in [2.24, 2.45) is 0 Å². The molecule has 1 saturated heterocycles. The number of hydrogen-bond acceptors (Lipinski definition) is 5. The van der Waals surface area contributed by atoms with Crippen LogP contribution in [0.3, 0.4) is 0 Å². The maximum Gasteiger partial charge on any atom is 0.363 e. The molecule has 1 atom stereocenters. The van der Waals surface area contributed by atoms with Crippen molar-refractivity contribution in [3.8, 4) is 0 Å². The second-order valence-electron chi connectivity index (χ2n) is 4.49. The van der Waals surface area contributed by atoms with Gasteiger partial charge in [0.1, 0.15) is 0 Å². The quantitative estimate of drug-likeness (QED) is 0.636. The Hall–Kier alpha value is -1.69. The van der Waals surface area contributed by atoms with Gasteiger partial charge < -0.3 is 20.1 Å². The predicted octanol–water partition coefficient (Wildman–Crippen LogP) is 1.73. The summed E-state index contributed by atoms with van der Waals surface area (Å²) in [5, 5.41) is 19.4. The number of anilines is 1. The van der Waals surface area contributed by atoms with Crippen molar-refractivity contribution in [2.45, 2.75) is 31.7 Å². The average molecular weight is 251 g/mol. The standard InChI is InChI=1S/C12H17N3O3/c16-8-2-4-10-3-1-7-14(10)11-5-6-12(13-9-11)15(17)18/h5-6,9-10,16H,1-4,7-8H2. The van der Waals surface area contributed by atoms with Gasteiger partial charge in [-0.1, -0.05) is 0 Å². The van der Waals surface area contributed by atoms with Crippen LogP contribution in [0.15, 0.2) is 18.3 Å². The van der Waals surface area contributed by atoms with E-state index in [1.807, 2.05) is 0 Å². The summed E-state index contributed by atoms with van der Waals surface area (Å²) >= 11 is 0. The van der Waals surface area contributed by atoms with Crippen LogP contribution >= 0.6 is 0 Å². The molecule has 1 aliphatic heterocycles. The summed E-state index contributed by atoms with van der Waals surface area (Å²) in [6.07, 6.45) is 5.54. The molecular formula is C12H17N3O3. The van der Waals surface area contributed by atoms with Gasteiger partial charge in [0.15, 0.2) is 6.20 Å². The molecule has 2 heterocycles. The molecule has 1 N–H and O–H groups in total. The van der Waals surface area contributed by atoms with Gasteiger partial charge in [0.25, 0.3) is 0 Å². The third kappa shape index (κ3) is 2.76. The van der Waals surface area contributed by atoms with E-state index < -0.39 is 4.92 Å². The van der Waals surface area contributed by atoms with Gasteiger partial charge >= 0.3 is 5.82 Å². The Morgan fingerprint density at radius 2 is 2.39 bits per heavy atom. The van der Waals surface area contributed by atoms with Crippen LogP contribution in [0.5, 0.6) is 0 Å². The molecule has 98 valence electrons. The SMILES string of the molecule is O=[N+]([O-])c1ccc(N2CCCC2CCCO)cn1. The van der Waals surface area contributed by atoms with Crippen molar-refractivity contribution in [3.05, 3.63) is 28.4 Å². The van der Waals surface area contributed by atoms with Crippen LogP contribution in [0.1, 0.15) is 25.7 Å². The Balaban J connectivity index is 2.07.